The summed E-state index contributed by atoms with van der Waals surface area (Å²) in [5.74, 6) is 5.92. The average molecular weight is 406 g/mol. The van der Waals surface area contributed by atoms with E-state index in [9.17, 15) is 5.11 Å². The first-order valence-corrected chi connectivity index (χ1v) is 7.63. The van der Waals surface area contributed by atoms with Crippen molar-refractivity contribution in [3.63, 3.8) is 0 Å². The number of halogens is 2. The number of nitrogens with zero attached hydrogens (tertiary/aromatic N) is 3. The van der Waals surface area contributed by atoms with E-state index in [1.54, 1.807) is 18.3 Å². The van der Waals surface area contributed by atoms with E-state index in [1.165, 1.54) is 16.0 Å². The molecular formula is C11H10Br2N4OS. The van der Waals surface area contributed by atoms with Crippen LogP contribution < -0.4 is 10.6 Å². The van der Waals surface area contributed by atoms with Crippen molar-refractivity contribution >= 4 is 49.4 Å². The van der Waals surface area contributed by atoms with Crippen molar-refractivity contribution in [2.75, 3.05) is 5.84 Å². The van der Waals surface area contributed by atoms with Crippen LogP contribution in [0, 0.1) is 6.92 Å². The minimum atomic E-state index is 0.155. The van der Waals surface area contributed by atoms with Gasteiger partial charge in [-0.1, -0.05) is 0 Å². The Morgan fingerprint density at radius 2 is 2.00 bits per heavy atom. The molecule has 2 rings (SSSR count). The lowest BCUT2D eigenvalue weighted by Gasteiger charge is -2.01. The van der Waals surface area contributed by atoms with Gasteiger partial charge in [0.1, 0.15) is 5.75 Å². The highest BCUT2D eigenvalue weighted by Crippen LogP contribution is 2.32. The van der Waals surface area contributed by atoms with Gasteiger partial charge in [0, 0.05) is 11.1 Å². The third-order valence-corrected chi connectivity index (χ3v) is 4.47. The second-order valence-corrected chi connectivity index (χ2v) is 6.25. The zero-order valence-corrected chi connectivity index (χ0v) is 13.8. The van der Waals surface area contributed by atoms with Crippen molar-refractivity contribution in [3.05, 3.63) is 42.5 Å². The maximum atomic E-state index is 9.59. The van der Waals surface area contributed by atoms with E-state index in [-0.39, 0.29) is 5.75 Å². The molecule has 0 aliphatic rings. The first-order chi connectivity index (χ1) is 8.99. The third kappa shape index (κ3) is 3.26. The summed E-state index contributed by atoms with van der Waals surface area (Å²) in [6, 6.07) is 3.49. The number of nitrogens with two attached hydrogens (primary N) is 1. The van der Waals surface area contributed by atoms with Gasteiger partial charge in [-0.15, -0.1) is 16.4 Å². The van der Waals surface area contributed by atoms with E-state index < -0.39 is 0 Å². The fourth-order valence-electron chi connectivity index (χ4n) is 1.28. The Bertz CT molecular complexity index is 682. The van der Waals surface area contributed by atoms with Crippen LogP contribution >= 0.6 is 43.2 Å². The van der Waals surface area contributed by atoms with Gasteiger partial charge in [0.05, 0.1) is 15.2 Å². The van der Waals surface area contributed by atoms with Gasteiger partial charge in [-0.05, 0) is 56.5 Å². The van der Waals surface area contributed by atoms with Crippen LogP contribution in [-0.4, -0.2) is 16.0 Å². The average Bonchev–Trinajstić information content (AvgIpc) is 2.68. The summed E-state index contributed by atoms with van der Waals surface area (Å²) in [4.78, 5) is 0.616. The van der Waals surface area contributed by atoms with E-state index in [1.807, 2.05) is 12.3 Å². The van der Waals surface area contributed by atoms with Crippen LogP contribution in [0.25, 0.3) is 0 Å². The minimum absolute atomic E-state index is 0.155. The number of aromatic hydroxyl groups is 1. The number of phenols is 1. The lowest BCUT2D eigenvalue weighted by atomic mass is 10.2. The minimum Gasteiger partial charge on any atom is -0.506 e. The molecule has 100 valence electrons. The van der Waals surface area contributed by atoms with E-state index in [0.717, 1.165) is 11.3 Å². The van der Waals surface area contributed by atoms with Gasteiger partial charge < -0.3 is 10.9 Å². The third-order valence-electron chi connectivity index (χ3n) is 2.31. The molecule has 19 heavy (non-hydrogen) atoms. The quantitative estimate of drug-likeness (QED) is 0.457. The van der Waals surface area contributed by atoms with E-state index in [0.29, 0.717) is 13.7 Å². The molecule has 5 nitrogen and oxygen atoms in total. The van der Waals surface area contributed by atoms with Gasteiger partial charge in [-0.2, -0.15) is 5.10 Å². The molecule has 3 N–H and O–H groups in total. The molecule has 1 heterocycles. The fraction of sp³-hybridized carbons (Fsp3) is 0.0909. The van der Waals surface area contributed by atoms with Crippen LogP contribution in [0.3, 0.4) is 0 Å². The zero-order chi connectivity index (χ0) is 14.0. The number of hydrogen-bond donors (Lipinski definition) is 2. The maximum absolute atomic E-state index is 9.59. The van der Waals surface area contributed by atoms with Crippen molar-refractivity contribution in [2.24, 2.45) is 10.2 Å². The highest BCUT2D eigenvalue weighted by Gasteiger charge is 2.04. The zero-order valence-electron chi connectivity index (χ0n) is 9.84. The molecule has 0 radical (unpaired) electrons. The van der Waals surface area contributed by atoms with Gasteiger partial charge in [-0.3, -0.25) is 0 Å². The second kappa shape index (κ2) is 5.89. The maximum Gasteiger partial charge on any atom is 0.229 e. The predicted octanol–water partition coefficient (Wildman–Crippen LogP) is 2.74. The Kier molecular flexibility index (Phi) is 4.43. The summed E-state index contributed by atoms with van der Waals surface area (Å²) >= 11 is 7.93. The van der Waals surface area contributed by atoms with Crippen molar-refractivity contribution in [1.82, 2.24) is 4.68 Å². The van der Waals surface area contributed by atoms with Crippen molar-refractivity contribution in [1.29, 1.82) is 0 Å². The van der Waals surface area contributed by atoms with Crippen molar-refractivity contribution < 1.29 is 5.11 Å². The fourth-order valence-corrected chi connectivity index (χ4v) is 3.24. The van der Waals surface area contributed by atoms with Crippen LogP contribution in [0.15, 0.2) is 36.7 Å². The summed E-state index contributed by atoms with van der Waals surface area (Å²) in [6.07, 6.45) is 1.59. The second-order valence-electron chi connectivity index (χ2n) is 3.71. The number of benzene rings is 1. The van der Waals surface area contributed by atoms with Gasteiger partial charge in [-0.25, -0.2) is 4.68 Å². The predicted molar refractivity (Wildman–Crippen MR) is 83.9 cm³/mol. The summed E-state index contributed by atoms with van der Waals surface area (Å²) < 4.78 is 2.65. The molecule has 8 heteroatoms. The van der Waals surface area contributed by atoms with Crippen LogP contribution in [-0.2, 0) is 0 Å². The van der Waals surface area contributed by atoms with Gasteiger partial charge >= 0.3 is 0 Å². The molecule has 2 aromatic rings. The van der Waals surface area contributed by atoms with Gasteiger partial charge in [0.25, 0.3) is 0 Å². The number of nitrogen functional groups attached to an aromatic ring is 1. The lowest BCUT2D eigenvalue weighted by Crippen LogP contribution is -2.23. The van der Waals surface area contributed by atoms with Crippen LogP contribution in [0.1, 0.15) is 11.3 Å². The molecule has 0 atom stereocenters. The SMILES string of the molecule is Cc1cs/c(=N/N=C/c2cc(Br)c(O)c(Br)c2)n1N. The molecule has 0 fully saturated rings. The number of aromatic nitrogens is 1. The topological polar surface area (TPSA) is 75.9 Å². The molecule has 1 aromatic carbocycles. The molecule has 0 spiro atoms. The summed E-state index contributed by atoms with van der Waals surface area (Å²) in [6.45, 7) is 1.90. The monoisotopic (exact) mass is 404 g/mol. The molecule has 0 aliphatic carbocycles. The molecule has 0 bridgehead atoms. The number of rotatable bonds is 2. The summed E-state index contributed by atoms with van der Waals surface area (Å²) in [7, 11) is 0. The molecule has 0 unspecified atom stereocenters. The molecule has 0 saturated heterocycles. The Morgan fingerprint density at radius 1 is 1.37 bits per heavy atom. The van der Waals surface area contributed by atoms with Crippen LogP contribution in [0.4, 0.5) is 0 Å². The molecule has 0 aliphatic heterocycles. The highest BCUT2D eigenvalue weighted by molar-refractivity contribution is 9.11. The van der Waals surface area contributed by atoms with E-state index in [2.05, 4.69) is 42.1 Å². The lowest BCUT2D eigenvalue weighted by molar-refractivity contribution is 0.468. The smallest absolute Gasteiger partial charge is 0.229 e. The highest BCUT2D eigenvalue weighted by atomic mass is 79.9. The molecular weight excluding hydrogens is 396 g/mol. The molecule has 0 amide bonds. The summed E-state index contributed by atoms with van der Waals surface area (Å²) in [5, 5.41) is 19.5. The normalized spacial score (nSPS) is 12.5. The molecule has 0 saturated carbocycles. The summed E-state index contributed by atoms with van der Waals surface area (Å²) in [5.41, 5.74) is 1.73. The van der Waals surface area contributed by atoms with Crippen molar-refractivity contribution in [2.45, 2.75) is 6.92 Å². The Labute approximate surface area is 130 Å². The standard InChI is InChI=1S/C11H10Br2N4OS/c1-6-5-19-11(17(6)14)16-15-4-7-2-8(12)10(18)9(13)3-7/h2-5,18H,14H2,1H3/b15-4+,16-11+. The number of hydrogen-bond acceptors (Lipinski definition) is 5. The Hall–Kier alpha value is -1.12. The van der Waals surface area contributed by atoms with Gasteiger partial charge in [0.15, 0.2) is 0 Å². The Balaban J connectivity index is 2.29. The first-order valence-electron chi connectivity index (χ1n) is 5.16. The molecule has 1 aromatic heterocycles. The van der Waals surface area contributed by atoms with Gasteiger partial charge in [0.2, 0.25) is 4.80 Å². The van der Waals surface area contributed by atoms with Crippen molar-refractivity contribution in [3.8, 4) is 5.75 Å². The first kappa shape index (κ1) is 14.3. The largest absolute Gasteiger partial charge is 0.506 e. The number of phenolic OH excluding ortho intramolecular Hbond substituents is 1. The van der Waals surface area contributed by atoms with E-state index >= 15 is 0 Å². The van der Waals surface area contributed by atoms with Crippen LogP contribution in [0.2, 0.25) is 0 Å². The van der Waals surface area contributed by atoms with E-state index in [4.69, 9.17) is 5.84 Å². The number of thiazole rings is 1. The Morgan fingerprint density at radius 3 is 2.53 bits per heavy atom. The van der Waals surface area contributed by atoms with Crippen LogP contribution in [0.5, 0.6) is 5.75 Å². The number of aryl methyl sites for hydroxylation is 1.